The number of thioether (sulfide) groups is 1. The maximum absolute atomic E-state index is 11.8. The fourth-order valence-corrected chi connectivity index (χ4v) is 4.68. The van der Waals surface area contributed by atoms with Gasteiger partial charge >= 0.3 is 5.97 Å². The molecule has 0 saturated carbocycles. The van der Waals surface area contributed by atoms with Gasteiger partial charge < -0.3 is 14.0 Å². The summed E-state index contributed by atoms with van der Waals surface area (Å²) in [5, 5.41) is -0.208. The minimum atomic E-state index is -0.361. The molecule has 1 aliphatic rings. The summed E-state index contributed by atoms with van der Waals surface area (Å²) in [4.78, 5) is 41.1. The number of hydrogen-bond donors (Lipinski definition) is 0. The van der Waals surface area contributed by atoms with E-state index in [1.807, 2.05) is 56.7 Å². The molecule has 2 amide bonds. The van der Waals surface area contributed by atoms with Crippen molar-refractivity contribution in [3.05, 3.63) is 52.3 Å². The van der Waals surface area contributed by atoms with Crippen LogP contribution in [0.15, 0.2) is 24.3 Å². The third-order valence-corrected chi connectivity index (χ3v) is 6.72. The van der Waals surface area contributed by atoms with Gasteiger partial charge in [0.15, 0.2) is 0 Å². The molecule has 2 heterocycles. The van der Waals surface area contributed by atoms with Gasteiger partial charge in [0.1, 0.15) is 23.9 Å². The second kappa shape index (κ2) is 8.90. The predicted octanol–water partition coefficient (Wildman–Crippen LogP) is 4.20. The Labute approximate surface area is 195 Å². The van der Waals surface area contributed by atoms with Gasteiger partial charge in [0, 0.05) is 19.5 Å². The minimum absolute atomic E-state index is 0.162. The summed E-state index contributed by atoms with van der Waals surface area (Å²) in [5.74, 6) is 1.64. The summed E-state index contributed by atoms with van der Waals surface area (Å²) in [6.45, 7) is 7.73. The number of aromatic nitrogens is 2. The van der Waals surface area contributed by atoms with Crippen LogP contribution in [0.25, 0.3) is 11.0 Å². The molecule has 8 nitrogen and oxygen atoms in total. The molecular weight excluding hydrogens is 442 g/mol. The van der Waals surface area contributed by atoms with Crippen LogP contribution in [0.4, 0.5) is 4.79 Å². The second-order valence-corrected chi connectivity index (χ2v) is 8.98. The van der Waals surface area contributed by atoms with Crippen molar-refractivity contribution in [3.8, 4) is 11.5 Å². The van der Waals surface area contributed by atoms with E-state index in [9.17, 15) is 14.4 Å². The summed E-state index contributed by atoms with van der Waals surface area (Å²) in [6, 6.07) is 7.32. The molecule has 0 spiro atoms. The highest BCUT2D eigenvalue weighted by Gasteiger charge is 2.29. The number of carbonyl (C=O) groups is 3. The Kier molecular flexibility index (Phi) is 6.16. The van der Waals surface area contributed by atoms with Crippen LogP contribution < -0.4 is 9.47 Å². The van der Waals surface area contributed by atoms with E-state index in [1.165, 1.54) is 11.8 Å². The molecule has 1 aromatic heterocycles. The number of ether oxygens (including phenoxy) is 2. The van der Waals surface area contributed by atoms with Gasteiger partial charge in [0.25, 0.3) is 5.24 Å². The number of fused-ring (bicyclic) bond motifs is 1. The van der Waals surface area contributed by atoms with Gasteiger partial charge in [0.2, 0.25) is 5.91 Å². The zero-order valence-corrected chi connectivity index (χ0v) is 20.0. The van der Waals surface area contributed by atoms with E-state index in [2.05, 4.69) is 0 Å². The molecule has 0 aliphatic carbocycles. The van der Waals surface area contributed by atoms with Gasteiger partial charge in [-0.25, -0.2) is 4.98 Å². The lowest BCUT2D eigenvalue weighted by molar-refractivity contribution is -0.132. The predicted molar refractivity (Wildman–Crippen MR) is 125 cm³/mol. The molecule has 4 rings (SSSR count). The number of amides is 2. The normalized spacial score (nSPS) is 13.8. The second-order valence-electron chi connectivity index (χ2n) is 8.05. The number of benzene rings is 2. The van der Waals surface area contributed by atoms with E-state index in [0.29, 0.717) is 11.5 Å². The van der Waals surface area contributed by atoms with Gasteiger partial charge in [-0.2, -0.15) is 0 Å². The van der Waals surface area contributed by atoms with Crippen molar-refractivity contribution in [1.82, 2.24) is 14.5 Å². The topological polar surface area (TPSA) is 90.7 Å². The number of rotatable bonds is 6. The van der Waals surface area contributed by atoms with E-state index < -0.39 is 0 Å². The molecule has 1 fully saturated rings. The molecule has 0 bridgehead atoms. The molecule has 9 heteroatoms. The molecular formula is C24H25N3O5S. The molecule has 2 aromatic carbocycles. The van der Waals surface area contributed by atoms with Crippen molar-refractivity contribution in [2.75, 3.05) is 5.75 Å². The van der Waals surface area contributed by atoms with Gasteiger partial charge in [-0.1, -0.05) is 23.9 Å². The van der Waals surface area contributed by atoms with Crippen molar-refractivity contribution in [3.63, 3.8) is 0 Å². The number of aryl methyl sites for hydroxylation is 3. The summed E-state index contributed by atoms with van der Waals surface area (Å²) in [6.07, 6.45) is 0. The molecule has 0 unspecified atom stereocenters. The lowest BCUT2D eigenvalue weighted by Gasteiger charge is -2.14. The first-order valence-corrected chi connectivity index (χ1v) is 11.5. The van der Waals surface area contributed by atoms with Crippen molar-refractivity contribution in [2.45, 2.75) is 40.8 Å². The standard InChI is InChI=1S/C24H25N3O5S/c1-13-14(2)23(32-16(4)28)15(3)21-22(13)26(5)19(25-21)11-31-18-8-6-17(7-9-18)10-27-20(29)12-33-24(27)30/h6-9H,10-12H2,1-5H3. The zero-order chi connectivity index (χ0) is 23.9. The van der Waals surface area contributed by atoms with Crippen LogP contribution in [-0.2, 0) is 29.8 Å². The first-order valence-electron chi connectivity index (χ1n) is 10.5. The average Bonchev–Trinajstić information content (AvgIpc) is 3.28. The molecule has 0 radical (unpaired) electrons. The minimum Gasteiger partial charge on any atom is -0.486 e. The Morgan fingerprint density at radius 2 is 1.79 bits per heavy atom. The highest BCUT2D eigenvalue weighted by atomic mass is 32.2. The van der Waals surface area contributed by atoms with E-state index in [4.69, 9.17) is 14.5 Å². The fraction of sp³-hybridized carbons (Fsp3) is 0.333. The number of hydrogen-bond acceptors (Lipinski definition) is 7. The molecule has 3 aromatic rings. The Bertz CT molecular complexity index is 1260. The molecule has 1 saturated heterocycles. The first kappa shape index (κ1) is 22.8. The fourth-order valence-electron chi connectivity index (χ4n) is 3.95. The average molecular weight is 468 g/mol. The molecule has 1 aliphatic heterocycles. The van der Waals surface area contributed by atoms with Crippen LogP contribution in [0, 0.1) is 20.8 Å². The number of nitrogens with zero attached hydrogens (tertiary/aromatic N) is 3. The van der Waals surface area contributed by atoms with Crippen molar-refractivity contribution >= 4 is 39.9 Å². The molecule has 33 heavy (non-hydrogen) atoms. The third-order valence-electron chi connectivity index (χ3n) is 5.86. The smallest absolute Gasteiger partial charge is 0.308 e. The Balaban J connectivity index is 1.52. The van der Waals surface area contributed by atoms with Gasteiger partial charge in [-0.3, -0.25) is 19.3 Å². The summed E-state index contributed by atoms with van der Waals surface area (Å²) >= 11 is 1.03. The summed E-state index contributed by atoms with van der Waals surface area (Å²) in [5.41, 5.74) is 5.35. The maximum Gasteiger partial charge on any atom is 0.308 e. The van der Waals surface area contributed by atoms with Crippen molar-refractivity contribution in [2.24, 2.45) is 7.05 Å². The van der Waals surface area contributed by atoms with Gasteiger partial charge in [0.05, 0.1) is 23.3 Å². The highest BCUT2D eigenvalue weighted by molar-refractivity contribution is 8.14. The Morgan fingerprint density at radius 1 is 1.09 bits per heavy atom. The lowest BCUT2D eigenvalue weighted by atomic mass is 10.0. The molecule has 172 valence electrons. The number of imidazole rings is 1. The van der Waals surface area contributed by atoms with Crippen LogP contribution >= 0.6 is 11.8 Å². The first-order chi connectivity index (χ1) is 15.7. The summed E-state index contributed by atoms with van der Waals surface area (Å²) in [7, 11) is 1.94. The maximum atomic E-state index is 11.8. The molecule has 0 atom stereocenters. The van der Waals surface area contributed by atoms with Crippen LogP contribution in [-0.4, -0.2) is 37.3 Å². The van der Waals surface area contributed by atoms with Crippen LogP contribution in [0.3, 0.4) is 0 Å². The van der Waals surface area contributed by atoms with Crippen LogP contribution in [0.2, 0.25) is 0 Å². The summed E-state index contributed by atoms with van der Waals surface area (Å²) < 4.78 is 13.4. The van der Waals surface area contributed by atoms with Gasteiger partial charge in [-0.15, -0.1) is 0 Å². The largest absolute Gasteiger partial charge is 0.486 e. The highest BCUT2D eigenvalue weighted by Crippen LogP contribution is 2.35. The Morgan fingerprint density at radius 3 is 2.39 bits per heavy atom. The van der Waals surface area contributed by atoms with Crippen molar-refractivity contribution < 1.29 is 23.9 Å². The third kappa shape index (κ3) is 4.32. The SMILES string of the molecule is CC(=O)Oc1c(C)c(C)c2c(nc(COc3ccc(CN4C(=O)CSC4=O)cc3)n2C)c1C. The quantitative estimate of drug-likeness (QED) is 0.396. The zero-order valence-electron chi connectivity index (χ0n) is 19.2. The number of carbonyl (C=O) groups excluding carboxylic acids is 3. The van der Waals surface area contributed by atoms with E-state index >= 15 is 0 Å². The number of esters is 1. The van der Waals surface area contributed by atoms with E-state index in [-0.39, 0.29) is 36.0 Å². The number of imide groups is 1. The lowest BCUT2D eigenvalue weighted by Crippen LogP contribution is -2.27. The van der Waals surface area contributed by atoms with Gasteiger partial charge in [-0.05, 0) is 49.6 Å². The van der Waals surface area contributed by atoms with E-state index in [1.54, 1.807) is 0 Å². The Hall–Kier alpha value is -3.33. The monoisotopic (exact) mass is 467 g/mol. The van der Waals surface area contributed by atoms with Crippen molar-refractivity contribution in [1.29, 1.82) is 0 Å². The van der Waals surface area contributed by atoms with Crippen LogP contribution in [0.5, 0.6) is 11.5 Å². The van der Waals surface area contributed by atoms with E-state index in [0.717, 1.165) is 50.9 Å². The molecule has 0 N–H and O–H groups in total. The van der Waals surface area contributed by atoms with Crippen LogP contribution in [0.1, 0.15) is 35.0 Å².